The maximum atomic E-state index is 12.1. The van der Waals surface area contributed by atoms with E-state index in [-0.39, 0.29) is 12.6 Å². The summed E-state index contributed by atoms with van der Waals surface area (Å²) in [5.74, 6) is 0.723. The molecule has 0 aromatic heterocycles. The minimum Gasteiger partial charge on any atom is -0.329 e. The Labute approximate surface area is 105 Å². The highest BCUT2D eigenvalue weighted by atomic mass is 32.2. The number of hydrogen-bond donors (Lipinski definition) is 2. The second kappa shape index (κ2) is 6.71. The van der Waals surface area contributed by atoms with E-state index in [0.717, 1.165) is 31.6 Å². The molecule has 0 bridgehead atoms. The van der Waals surface area contributed by atoms with Crippen molar-refractivity contribution in [2.45, 2.75) is 63.7 Å². The van der Waals surface area contributed by atoms with Crippen LogP contribution in [0.25, 0.3) is 0 Å². The maximum absolute atomic E-state index is 12.1. The molecule has 1 aliphatic rings. The summed E-state index contributed by atoms with van der Waals surface area (Å²) in [5, 5.41) is -0.442. The molecule has 0 spiro atoms. The van der Waals surface area contributed by atoms with E-state index < -0.39 is 15.3 Å². The van der Waals surface area contributed by atoms with Crippen molar-refractivity contribution in [2.75, 3.05) is 6.54 Å². The van der Waals surface area contributed by atoms with Gasteiger partial charge in [-0.1, -0.05) is 26.7 Å². The SMILES string of the molecule is CCC(CN)S(=O)(=O)NC1CCCC(C)CC1. The Kier molecular flexibility index (Phi) is 5.89. The fourth-order valence-corrected chi connectivity index (χ4v) is 4.03. The zero-order chi connectivity index (χ0) is 12.9. The maximum Gasteiger partial charge on any atom is 0.215 e. The molecule has 0 aromatic rings. The van der Waals surface area contributed by atoms with Crippen molar-refractivity contribution in [3.8, 4) is 0 Å². The van der Waals surface area contributed by atoms with Crippen molar-refractivity contribution in [2.24, 2.45) is 11.7 Å². The van der Waals surface area contributed by atoms with Crippen LogP contribution < -0.4 is 10.5 Å². The molecule has 0 aliphatic heterocycles. The zero-order valence-electron chi connectivity index (χ0n) is 11.0. The van der Waals surface area contributed by atoms with E-state index in [4.69, 9.17) is 5.73 Å². The molecule has 1 aliphatic carbocycles. The highest BCUT2D eigenvalue weighted by Gasteiger charge is 2.26. The summed E-state index contributed by atoms with van der Waals surface area (Å²) in [6.07, 6.45) is 5.95. The average Bonchev–Trinajstić information content (AvgIpc) is 2.44. The number of sulfonamides is 1. The second-order valence-corrected chi connectivity index (χ2v) is 7.23. The summed E-state index contributed by atoms with van der Waals surface area (Å²) >= 11 is 0. The molecule has 3 atom stereocenters. The van der Waals surface area contributed by atoms with Gasteiger partial charge >= 0.3 is 0 Å². The van der Waals surface area contributed by atoms with Gasteiger partial charge in [0.25, 0.3) is 0 Å². The molecule has 17 heavy (non-hydrogen) atoms. The Hall–Kier alpha value is -0.130. The molecule has 5 heteroatoms. The van der Waals surface area contributed by atoms with Gasteiger partial charge < -0.3 is 5.73 Å². The first kappa shape index (κ1) is 14.9. The zero-order valence-corrected chi connectivity index (χ0v) is 11.8. The minimum absolute atomic E-state index is 0.116. The monoisotopic (exact) mass is 262 g/mol. The molecule has 1 rings (SSSR count). The molecule has 0 radical (unpaired) electrons. The van der Waals surface area contributed by atoms with Gasteiger partial charge in [0.05, 0.1) is 5.25 Å². The Morgan fingerprint density at radius 2 is 2.00 bits per heavy atom. The first-order valence-electron chi connectivity index (χ1n) is 6.70. The second-order valence-electron chi connectivity index (χ2n) is 5.24. The molecular formula is C12H26N2O2S. The van der Waals surface area contributed by atoms with E-state index in [1.807, 2.05) is 6.92 Å². The van der Waals surface area contributed by atoms with Crippen LogP contribution >= 0.6 is 0 Å². The van der Waals surface area contributed by atoms with E-state index >= 15 is 0 Å². The van der Waals surface area contributed by atoms with Crippen LogP contribution in [0.5, 0.6) is 0 Å². The summed E-state index contributed by atoms with van der Waals surface area (Å²) in [5.41, 5.74) is 5.51. The third-order valence-corrected chi connectivity index (χ3v) is 5.81. The lowest BCUT2D eigenvalue weighted by atomic mass is 10.0. The first-order chi connectivity index (χ1) is 7.99. The largest absolute Gasteiger partial charge is 0.329 e. The smallest absolute Gasteiger partial charge is 0.215 e. The molecule has 4 nitrogen and oxygen atoms in total. The Bertz CT molecular complexity index is 312. The van der Waals surface area contributed by atoms with Gasteiger partial charge in [-0.15, -0.1) is 0 Å². The normalized spacial score (nSPS) is 28.6. The molecule has 102 valence electrons. The van der Waals surface area contributed by atoms with E-state index in [1.54, 1.807) is 0 Å². The van der Waals surface area contributed by atoms with Gasteiger partial charge in [-0.2, -0.15) is 0 Å². The Morgan fingerprint density at radius 3 is 2.59 bits per heavy atom. The molecule has 1 saturated carbocycles. The predicted molar refractivity (Wildman–Crippen MR) is 71.2 cm³/mol. The lowest BCUT2D eigenvalue weighted by Crippen LogP contribution is -2.43. The van der Waals surface area contributed by atoms with Gasteiger partial charge in [-0.25, -0.2) is 13.1 Å². The van der Waals surface area contributed by atoms with Crippen molar-refractivity contribution >= 4 is 10.0 Å². The summed E-state index contributed by atoms with van der Waals surface area (Å²) < 4.78 is 27.0. The van der Waals surface area contributed by atoms with Crippen LogP contribution in [0.3, 0.4) is 0 Å². The van der Waals surface area contributed by atoms with Gasteiger partial charge in [0.1, 0.15) is 0 Å². The van der Waals surface area contributed by atoms with Crippen LogP contribution in [0.2, 0.25) is 0 Å². The molecule has 1 fully saturated rings. The summed E-state index contributed by atoms with van der Waals surface area (Å²) in [4.78, 5) is 0. The molecule has 0 amide bonds. The van der Waals surface area contributed by atoms with Crippen LogP contribution in [0.15, 0.2) is 0 Å². The Balaban J connectivity index is 2.57. The standard InChI is InChI=1S/C12H26N2O2S/c1-3-12(9-13)17(15,16)14-11-6-4-5-10(2)7-8-11/h10-12,14H,3-9,13H2,1-2H3. The van der Waals surface area contributed by atoms with Crippen molar-refractivity contribution in [3.63, 3.8) is 0 Å². The Morgan fingerprint density at radius 1 is 1.29 bits per heavy atom. The predicted octanol–water partition coefficient (Wildman–Crippen LogP) is 1.61. The number of nitrogens with one attached hydrogen (secondary N) is 1. The third-order valence-electron chi connectivity index (χ3n) is 3.75. The summed E-state index contributed by atoms with van der Waals surface area (Å²) in [6.45, 7) is 4.31. The van der Waals surface area contributed by atoms with E-state index in [1.165, 1.54) is 6.42 Å². The molecule has 0 saturated heterocycles. The number of nitrogens with two attached hydrogens (primary N) is 1. The minimum atomic E-state index is -3.23. The van der Waals surface area contributed by atoms with Crippen molar-refractivity contribution in [3.05, 3.63) is 0 Å². The van der Waals surface area contributed by atoms with Crippen molar-refractivity contribution in [1.29, 1.82) is 0 Å². The van der Waals surface area contributed by atoms with Crippen LogP contribution in [0.4, 0.5) is 0 Å². The van der Waals surface area contributed by atoms with Crippen LogP contribution in [0, 0.1) is 5.92 Å². The van der Waals surface area contributed by atoms with Gasteiger partial charge in [0, 0.05) is 12.6 Å². The number of rotatable bonds is 5. The summed E-state index contributed by atoms with van der Waals surface area (Å²) in [6, 6.07) is 0.116. The van der Waals surface area contributed by atoms with Crippen LogP contribution in [-0.2, 0) is 10.0 Å². The highest BCUT2D eigenvalue weighted by Crippen LogP contribution is 2.23. The van der Waals surface area contributed by atoms with E-state index in [9.17, 15) is 8.42 Å². The van der Waals surface area contributed by atoms with Crippen LogP contribution in [-0.4, -0.2) is 26.3 Å². The van der Waals surface area contributed by atoms with Gasteiger partial charge in [-0.05, 0) is 31.6 Å². The molecule has 3 unspecified atom stereocenters. The van der Waals surface area contributed by atoms with Gasteiger partial charge in [-0.3, -0.25) is 0 Å². The molecule has 0 aromatic carbocycles. The van der Waals surface area contributed by atoms with E-state index in [0.29, 0.717) is 6.42 Å². The summed E-state index contributed by atoms with van der Waals surface area (Å²) in [7, 11) is -3.23. The lowest BCUT2D eigenvalue weighted by Gasteiger charge is -2.20. The first-order valence-corrected chi connectivity index (χ1v) is 8.25. The van der Waals surface area contributed by atoms with Gasteiger partial charge in [0.2, 0.25) is 10.0 Å². The molecule has 0 heterocycles. The lowest BCUT2D eigenvalue weighted by molar-refractivity contribution is 0.480. The number of hydrogen-bond acceptors (Lipinski definition) is 3. The molecule has 3 N–H and O–H groups in total. The van der Waals surface area contributed by atoms with Gasteiger partial charge in [0.15, 0.2) is 0 Å². The van der Waals surface area contributed by atoms with Crippen LogP contribution in [0.1, 0.15) is 52.4 Å². The fourth-order valence-electron chi connectivity index (χ4n) is 2.45. The van der Waals surface area contributed by atoms with Crippen molar-refractivity contribution in [1.82, 2.24) is 4.72 Å². The van der Waals surface area contributed by atoms with E-state index in [2.05, 4.69) is 11.6 Å². The fraction of sp³-hybridized carbons (Fsp3) is 1.00. The quantitative estimate of drug-likeness (QED) is 0.739. The molecular weight excluding hydrogens is 236 g/mol. The third kappa shape index (κ3) is 4.56. The van der Waals surface area contributed by atoms with Crippen molar-refractivity contribution < 1.29 is 8.42 Å². The highest BCUT2D eigenvalue weighted by molar-refractivity contribution is 7.90. The topological polar surface area (TPSA) is 72.2 Å². The average molecular weight is 262 g/mol.